The summed E-state index contributed by atoms with van der Waals surface area (Å²) in [7, 11) is 0. The summed E-state index contributed by atoms with van der Waals surface area (Å²) in [6.45, 7) is 2.96. The quantitative estimate of drug-likeness (QED) is 0.321. The molecule has 0 spiro atoms. The highest BCUT2D eigenvalue weighted by molar-refractivity contribution is 8.00. The van der Waals surface area contributed by atoms with Gasteiger partial charge < -0.3 is 9.88 Å². The van der Waals surface area contributed by atoms with Gasteiger partial charge in [-0.05, 0) is 48.1 Å². The fourth-order valence-corrected chi connectivity index (χ4v) is 4.98. The van der Waals surface area contributed by atoms with Crippen molar-refractivity contribution in [3.8, 4) is 0 Å². The second-order valence-electron chi connectivity index (χ2n) is 7.65. The normalized spacial score (nSPS) is 11.9. The minimum Gasteiger partial charge on any atom is -0.351 e. The van der Waals surface area contributed by atoms with E-state index in [4.69, 9.17) is 0 Å². The van der Waals surface area contributed by atoms with E-state index in [-0.39, 0.29) is 17.0 Å². The summed E-state index contributed by atoms with van der Waals surface area (Å²) in [5.41, 5.74) is 2.10. The first-order valence-corrected chi connectivity index (χ1v) is 12.5. The average Bonchev–Trinajstić information content (AvgIpc) is 3.48. The molecule has 4 rings (SSSR count). The summed E-state index contributed by atoms with van der Waals surface area (Å²) >= 11 is 3.10. The number of aryl methyl sites for hydroxylation is 1. The third-order valence-electron chi connectivity index (χ3n) is 5.20. The lowest BCUT2D eigenvalue weighted by atomic mass is 10.1. The van der Waals surface area contributed by atoms with Gasteiger partial charge in [0.2, 0.25) is 5.91 Å². The van der Waals surface area contributed by atoms with Gasteiger partial charge in [0.15, 0.2) is 5.16 Å². The lowest BCUT2D eigenvalue weighted by Gasteiger charge is -2.14. The monoisotopic (exact) mass is 480 g/mol. The molecule has 1 unspecified atom stereocenters. The maximum absolute atomic E-state index is 13.1. The molecule has 2 aromatic carbocycles. The number of hydrogen-bond acceptors (Lipinski definition) is 5. The van der Waals surface area contributed by atoms with Crippen molar-refractivity contribution in [2.45, 2.75) is 43.3 Å². The minimum absolute atomic E-state index is 0.0956. The number of hydrogen-bond donors (Lipinski definition) is 1. The molecule has 4 aromatic rings. The Morgan fingerprint density at radius 1 is 1.06 bits per heavy atom. The van der Waals surface area contributed by atoms with Crippen LogP contribution in [0.3, 0.4) is 0 Å². The van der Waals surface area contributed by atoms with Crippen LogP contribution in [0.15, 0.2) is 77.3 Å². The maximum Gasteiger partial charge on any atom is 0.233 e. The Kier molecular flexibility index (Phi) is 7.91. The number of carbonyl (C=O) groups excluding carboxylic acids is 1. The van der Waals surface area contributed by atoms with Crippen molar-refractivity contribution < 1.29 is 9.18 Å². The highest BCUT2D eigenvalue weighted by Gasteiger charge is 2.20. The summed E-state index contributed by atoms with van der Waals surface area (Å²) in [5, 5.41) is 14.2. The van der Waals surface area contributed by atoms with Crippen LogP contribution in [-0.4, -0.2) is 25.9 Å². The number of nitrogens with zero attached hydrogens (tertiary/aromatic N) is 3. The molecule has 1 atom stereocenters. The van der Waals surface area contributed by atoms with E-state index in [0.29, 0.717) is 13.0 Å². The van der Waals surface area contributed by atoms with Crippen molar-refractivity contribution >= 4 is 29.0 Å². The highest BCUT2D eigenvalue weighted by atomic mass is 32.2. The predicted octanol–water partition coefficient (Wildman–Crippen LogP) is 5.11. The number of nitrogens with one attached hydrogen (secondary N) is 1. The van der Waals surface area contributed by atoms with Crippen LogP contribution in [0.25, 0.3) is 0 Å². The van der Waals surface area contributed by atoms with Crippen LogP contribution in [0, 0.1) is 5.82 Å². The van der Waals surface area contributed by atoms with Crippen molar-refractivity contribution in [1.82, 2.24) is 20.1 Å². The van der Waals surface area contributed by atoms with E-state index in [0.717, 1.165) is 29.5 Å². The molecule has 2 heterocycles. The predicted molar refractivity (Wildman–Crippen MR) is 131 cm³/mol. The number of thioether (sulfide) groups is 1. The number of halogens is 1. The number of rotatable bonds is 10. The third kappa shape index (κ3) is 6.52. The van der Waals surface area contributed by atoms with Gasteiger partial charge in [-0.3, -0.25) is 4.79 Å². The Labute approximate surface area is 201 Å². The summed E-state index contributed by atoms with van der Waals surface area (Å²) in [5.74, 6) is 0.513. The lowest BCUT2D eigenvalue weighted by molar-refractivity contribution is -0.120. The molecule has 33 heavy (non-hydrogen) atoms. The molecular weight excluding hydrogens is 455 g/mol. The molecule has 5 nitrogen and oxygen atoms in total. The standard InChI is InChI=1S/C25H25FN4OS2/c1-18(24(31)27-17-20-9-11-21(26)12-10-20)33-25-29-28-23(16-22-8-5-15-32-22)30(25)14-13-19-6-3-2-4-7-19/h2-12,15,18H,13-14,16-17H2,1H3,(H,27,31). The number of amides is 1. The first-order valence-electron chi connectivity index (χ1n) is 10.8. The van der Waals surface area contributed by atoms with Gasteiger partial charge in [0.05, 0.1) is 5.25 Å². The van der Waals surface area contributed by atoms with Crippen LogP contribution in [0.5, 0.6) is 0 Å². The second kappa shape index (κ2) is 11.2. The molecule has 0 radical (unpaired) electrons. The van der Waals surface area contributed by atoms with Crippen LogP contribution < -0.4 is 5.32 Å². The van der Waals surface area contributed by atoms with Crippen LogP contribution in [0.4, 0.5) is 4.39 Å². The molecule has 0 aliphatic rings. The van der Waals surface area contributed by atoms with Crippen molar-refractivity contribution in [3.63, 3.8) is 0 Å². The zero-order valence-electron chi connectivity index (χ0n) is 18.3. The summed E-state index contributed by atoms with van der Waals surface area (Å²) in [6, 6.07) is 20.6. The van der Waals surface area contributed by atoms with E-state index < -0.39 is 0 Å². The lowest BCUT2D eigenvalue weighted by Crippen LogP contribution is -2.30. The average molecular weight is 481 g/mol. The third-order valence-corrected chi connectivity index (χ3v) is 7.16. The second-order valence-corrected chi connectivity index (χ2v) is 9.99. The molecule has 1 amide bonds. The topological polar surface area (TPSA) is 59.8 Å². The van der Waals surface area contributed by atoms with Gasteiger partial charge in [-0.2, -0.15) is 0 Å². The number of carbonyl (C=O) groups is 1. The van der Waals surface area contributed by atoms with Crippen LogP contribution >= 0.6 is 23.1 Å². The van der Waals surface area contributed by atoms with Gasteiger partial charge in [0, 0.05) is 24.4 Å². The van der Waals surface area contributed by atoms with Gasteiger partial charge in [-0.15, -0.1) is 21.5 Å². The van der Waals surface area contributed by atoms with E-state index >= 15 is 0 Å². The van der Waals surface area contributed by atoms with Gasteiger partial charge in [-0.25, -0.2) is 4.39 Å². The first kappa shape index (κ1) is 23.2. The molecule has 0 saturated carbocycles. The molecule has 0 aliphatic carbocycles. The summed E-state index contributed by atoms with van der Waals surface area (Å²) in [4.78, 5) is 13.9. The zero-order valence-corrected chi connectivity index (χ0v) is 19.9. The van der Waals surface area contributed by atoms with Gasteiger partial charge in [0.25, 0.3) is 0 Å². The Morgan fingerprint density at radius 2 is 1.85 bits per heavy atom. The fourth-order valence-electron chi connectivity index (χ4n) is 3.36. The SMILES string of the molecule is CC(Sc1nnc(Cc2cccs2)n1CCc1ccccc1)C(=O)NCc1ccc(F)cc1. The summed E-state index contributed by atoms with van der Waals surface area (Å²) < 4.78 is 15.2. The van der Waals surface area contributed by atoms with Crippen molar-refractivity contribution in [2.75, 3.05) is 0 Å². The van der Waals surface area contributed by atoms with Gasteiger partial charge >= 0.3 is 0 Å². The largest absolute Gasteiger partial charge is 0.351 e. The Balaban J connectivity index is 1.44. The van der Waals surface area contributed by atoms with Gasteiger partial charge in [-0.1, -0.05) is 60.3 Å². The number of aromatic nitrogens is 3. The Bertz CT molecular complexity index is 1160. The van der Waals surface area contributed by atoms with Crippen molar-refractivity contribution in [1.29, 1.82) is 0 Å². The first-order chi connectivity index (χ1) is 16.1. The fraction of sp³-hybridized carbons (Fsp3) is 0.240. The van der Waals surface area contributed by atoms with Crippen LogP contribution in [0.1, 0.15) is 28.8 Å². The molecule has 1 N–H and O–H groups in total. The highest BCUT2D eigenvalue weighted by Crippen LogP contribution is 2.25. The van der Waals surface area contributed by atoms with E-state index in [1.165, 1.54) is 34.3 Å². The van der Waals surface area contributed by atoms with E-state index in [2.05, 4.69) is 43.7 Å². The molecule has 0 bridgehead atoms. The minimum atomic E-state index is -0.347. The van der Waals surface area contributed by atoms with E-state index in [1.54, 1.807) is 23.5 Å². The van der Waals surface area contributed by atoms with E-state index in [9.17, 15) is 9.18 Å². The van der Waals surface area contributed by atoms with Crippen molar-refractivity contribution in [3.05, 3.63) is 99.8 Å². The molecule has 2 aromatic heterocycles. The molecule has 0 saturated heterocycles. The molecule has 0 aliphatic heterocycles. The number of benzene rings is 2. The van der Waals surface area contributed by atoms with E-state index in [1.807, 2.05) is 31.2 Å². The Hall–Kier alpha value is -2.97. The smallest absolute Gasteiger partial charge is 0.233 e. The van der Waals surface area contributed by atoms with Crippen LogP contribution in [0.2, 0.25) is 0 Å². The summed E-state index contributed by atoms with van der Waals surface area (Å²) in [6.07, 6.45) is 1.57. The number of thiophene rings is 1. The Morgan fingerprint density at radius 3 is 2.58 bits per heavy atom. The van der Waals surface area contributed by atoms with Gasteiger partial charge in [0.1, 0.15) is 11.6 Å². The van der Waals surface area contributed by atoms with Crippen LogP contribution in [-0.2, 0) is 30.7 Å². The zero-order chi connectivity index (χ0) is 23.0. The van der Waals surface area contributed by atoms with Crippen molar-refractivity contribution in [2.24, 2.45) is 0 Å². The molecule has 8 heteroatoms. The molecule has 170 valence electrons. The molecular formula is C25H25FN4OS2. The maximum atomic E-state index is 13.1. The molecule has 0 fully saturated rings.